The molecule has 3 rings (SSSR count). The van der Waals surface area contributed by atoms with Crippen molar-refractivity contribution in [3.63, 3.8) is 0 Å². The van der Waals surface area contributed by atoms with E-state index >= 15 is 0 Å². The van der Waals surface area contributed by atoms with Gasteiger partial charge in [-0.25, -0.2) is 14.3 Å². The zero-order valence-corrected chi connectivity index (χ0v) is 11.6. The lowest BCUT2D eigenvalue weighted by atomic mass is 10.2. The summed E-state index contributed by atoms with van der Waals surface area (Å²) >= 11 is 6.36. The van der Waals surface area contributed by atoms with Crippen molar-refractivity contribution in [1.29, 1.82) is 0 Å². The molecule has 0 unspecified atom stereocenters. The Morgan fingerprint density at radius 3 is 3.00 bits per heavy atom. The summed E-state index contributed by atoms with van der Waals surface area (Å²) in [5.74, 6) is -0.392. The molecule has 0 fully saturated rings. The van der Waals surface area contributed by atoms with E-state index in [0.29, 0.717) is 28.7 Å². The first-order chi connectivity index (χ1) is 9.13. The van der Waals surface area contributed by atoms with E-state index in [9.17, 15) is 4.79 Å². The van der Waals surface area contributed by atoms with Crippen molar-refractivity contribution in [3.8, 4) is 0 Å². The molecule has 0 saturated heterocycles. The summed E-state index contributed by atoms with van der Waals surface area (Å²) in [6.45, 7) is 3.87. The maximum atomic E-state index is 12.0. The highest BCUT2D eigenvalue weighted by molar-refractivity contribution is 6.30. The number of carbonyl (C=O) groups excluding carboxylic acids is 1. The van der Waals surface area contributed by atoms with Gasteiger partial charge in [0.2, 0.25) is 0 Å². The molecule has 100 valence electrons. The van der Waals surface area contributed by atoms with Crippen molar-refractivity contribution in [3.05, 3.63) is 27.7 Å². The monoisotopic (exact) mass is 279 g/mol. The average molecular weight is 280 g/mol. The highest BCUT2D eigenvalue weighted by Gasteiger charge is 2.25. The van der Waals surface area contributed by atoms with Crippen LogP contribution in [0.25, 0.3) is 5.65 Å². The zero-order valence-electron chi connectivity index (χ0n) is 10.9. The molecule has 0 aliphatic heterocycles. The van der Waals surface area contributed by atoms with E-state index < -0.39 is 5.97 Å². The summed E-state index contributed by atoms with van der Waals surface area (Å²) in [6, 6.07) is 0. The zero-order chi connectivity index (χ0) is 13.6. The summed E-state index contributed by atoms with van der Waals surface area (Å²) in [5.41, 5.74) is 3.53. The van der Waals surface area contributed by atoms with E-state index in [-0.39, 0.29) is 0 Å². The number of carbonyl (C=O) groups is 1. The van der Waals surface area contributed by atoms with Gasteiger partial charge in [-0.2, -0.15) is 5.10 Å². The Hall–Kier alpha value is -1.62. The van der Waals surface area contributed by atoms with E-state index in [2.05, 4.69) is 10.1 Å². The van der Waals surface area contributed by atoms with Gasteiger partial charge in [-0.15, -0.1) is 0 Å². The fourth-order valence-corrected chi connectivity index (χ4v) is 2.85. The van der Waals surface area contributed by atoms with Crippen LogP contribution in [0, 0.1) is 6.92 Å². The quantitative estimate of drug-likeness (QED) is 0.625. The fourth-order valence-electron chi connectivity index (χ4n) is 2.53. The SMILES string of the molecule is CCOC(=O)c1c(C)nn2c(Cl)c3c(nc12)CCC3. The van der Waals surface area contributed by atoms with Gasteiger partial charge < -0.3 is 4.74 Å². The van der Waals surface area contributed by atoms with E-state index in [4.69, 9.17) is 16.3 Å². The summed E-state index contributed by atoms with van der Waals surface area (Å²) in [7, 11) is 0. The number of rotatable bonds is 2. The third kappa shape index (κ3) is 1.80. The number of fused-ring (bicyclic) bond motifs is 2. The lowest BCUT2D eigenvalue weighted by molar-refractivity contribution is 0.0527. The van der Waals surface area contributed by atoms with Crippen LogP contribution in [0.1, 0.15) is 40.7 Å². The van der Waals surface area contributed by atoms with E-state index in [1.807, 2.05) is 0 Å². The second kappa shape index (κ2) is 4.49. The molecule has 0 aromatic carbocycles. The Morgan fingerprint density at radius 2 is 2.26 bits per heavy atom. The van der Waals surface area contributed by atoms with Gasteiger partial charge in [0.1, 0.15) is 10.7 Å². The summed E-state index contributed by atoms with van der Waals surface area (Å²) in [4.78, 5) is 16.5. The number of hydrogen-bond acceptors (Lipinski definition) is 4. The van der Waals surface area contributed by atoms with Crippen molar-refractivity contribution in [2.45, 2.75) is 33.1 Å². The predicted molar refractivity (Wildman–Crippen MR) is 70.7 cm³/mol. The molecule has 5 nitrogen and oxygen atoms in total. The third-order valence-corrected chi connectivity index (χ3v) is 3.77. The maximum absolute atomic E-state index is 12.0. The van der Waals surface area contributed by atoms with Crippen LogP contribution < -0.4 is 0 Å². The molecule has 0 N–H and O–H groups in total. The Morgan fingerprint density at radius 1 is 1.47 bits per heavy atom. The van der Waals surface area contributed by atoms with Gasteiger partial charge in [-0.3, -0.25) is 0 Å². The number of esters is 1. The lowest BCUT2D eigenvalue weighted by Crippen LogP contribution is -2.07. The van der Waals surface area contributed by atoms with Crippen molar-refractivity contribution in [2.75, 3.05) is 6.61 Å². The standard InChI is InChI=1S/C13H14ClN3O2/c1-3-19-13(18)10-7(2)16-17-11(14)8-5-4-6-9(8)15-12(10)17/h3-6H2,1-2H3. The van der Waals surface area contributed by atoms with Crippen LogP contribution in [0.3, 0.4) is 0 Å². The van der Waals surface area contributed by atoms with Gasteiger partial charge in [0.15, 0.2) is 5.65 Å². The maximum Gasteiger partial charge on any atom is 0.343 e. The van der Waals surface area contributed by atoms with E-state index in [1.54, 1.807) is 18.4 Å². The molecule has 6 heteroatoms. The van der Waals surface area contributed by atoms with E-state index in [0.717, 1.165) is 30.5 Å². The molecule has 2 heterocycles. The van der Waals surface area contributed by atoms with Crippen molar-refractivity contribution < 1.29 is 9.53 Å². The molecule has 19 heavy (non-hydrogen) atoms. The Balaban J connectivity index is 2.26. The van der Waals surface area contributed by atoms with Gasteiger partial charge in [-0.1, -0.05) is 11.6 Å². The molecule has 0 saturated carbocycles. The highest BCUT2D eigenvalue weighted by Crippen LogP contribution is 2.30. The molecule has 0 radical (unpaired) electrons. The van der Waals surface area contributed by atoms with Gasteiger partial charge >= 0.3 is 5.97 Å². The summed E-state index contributed by atoms with van der Waals surface area (Å²) in [6.07, 6.45) is 2.87. The van der Waals surface area contributed by atoms with Gasteiger partial charge in [0, 0.05) is 11.3 Å². The Labute approximate surface area is 115 Å². The van der Waals surface area contributed by atoms with Crippen LogP contribution >= 0.6 is 11.6 Å². The van der Waals surface area contributed by atoms with Crippen LogP contribution in [0.15, 0.2) is 0 Å². The number of ether oxygens (including phenoxy) is 1. The minimum absolute atomic E-state index is 0.328. The number of hydrogen-bond donors (Lipinski definition) is 0. The number of aromatic nitrogens is 3. The molecule has 2 aromatic rings. The third-order valence-electron chi connectivity index (χ3n) is 3.38. The lowest BCUT2D eigenvalue weighted by Gasteiger charge is -2.05. The largest absolute Gasteiger partial charge is 0.462 e. The first kappa shape index (κ1) is 12.4. The molecule has 0 atom stereocenters. The van der Waals surface area contributed by atoms with Crippen LogP contribution in [0.4, 0.5) is 0 Å². The van der Waals surface area contributed by atoms with Gasteiger partial charge in [0.05, 0.1) is 12.3 Å². The Bertz CT molecular complexity index is 678. The number of aryl methyl sites for hydroxylation is 2. The summed E-state index contributed by atoms with van der Waals surface area (Å²) in [5, 5.41) is 4.88. The number of halogens is 1. The van der Waals surface area contributed by atoms with Crippen molar-refractivity contribution >= 4 is 23.2 Å². The first-order valence-corrected chi connectivity index (χ1v) is 6.75. The molecule has 0 bridgehead atoms. The fraction of sp³-hybridized carbons (Fsp3) is 0.462. The number of nitrogens with zero attached hydrogens (tertiary/aromatic N) is 3. The molecular weight excluding hydrogens is 266 g/mol. The van der Waals surface area contributed by atoms with E-state index in [1.165, 1.54) is 0 Å². The van der Waals surface area contributed by atoms with Crippen LogP contribution in [-0.2, 0) is 17.6 Å². The first-order valence-electron chi connectivity index (χ1n) is 6.37. The smallest absolute Gasteiger partial charge is 0.343 e. The molecule has 1 aliphatic rings. The topological polar surface area (TPSA) is 56.5 Å². The molecule has 1 aliphatic carbocycles. The van der Waals surface area contributed by atoms with Crippen LogP contribution in [-0.4, -0.2) is 27.2 Å². The average Bonchev–Trinajstić information content (AvgIpc) is 2.94. The van der Waals surface area contributed by atoms with Crippen LogP contribution in [0.2, 0.25) is 5.15 Å². The second-order valence-corrected chi connectivity index (χ2v) is 4.96. The van der Waals surface area contributed by atoms with Gasteiger partial charge in [-0.05, 0) is 33.1 Å². The minimum Gasteiger partial charge on any atom is -0.462 e. The molecule has 2 aromatic heterocycles. The van der Waals surface area contributed by atoms with Crippen LogP contribution in [0.5, 0.6) is 0 Å². The van der Waals surface area contributed by atoms with Gasteiger partial charge in [0.25, 0.3) is 0 Å². The summed E-state index contributed by atoms with van der Waals surface area (Å²) < 4.78 is 6.61. The molecule has 0 amide bonds. The second-order valence-electron chi connectivity index (χ2n) is 4.60. The molecule has 0 spiro atoms. The van der Waals surface area contributed by atoms with Crippen molar-refractivity contribution in [2.24, 2.45) is 0 Å². The minimum atomic E-state index is -0.392. The van der Waals surface area contributed by atoms with Crippen molar-refractivity contribution in [1.82, 2.24) is 14.6 Å². The Kier molecular flexibility index (Phi) is 2.93. The normalized spacial score (nSPS) is 13.8. The highest BCUT2D eigenvalue weighted by atomic mass is 35.5. The predicted octanol–water partition coefficient (Wildman–Crippen LogP) is 2.36. The molecular formula is C13H14ClN3O2.